The number of thioether (sulfide) groups is 1. The van der Waals surface area contributed by atoms with Gasteiger partial charge < -0.3 is 4.90 Å². The molecule has 4 atom stereocenters. The molecule has 0 spiro atoms. The van der Waals surface area contributed by atoms with Gasteiger partial charge in [-0.1, -0.05) is 49.1 Å². The number of carbonyl (C=O) groups is 1. The smallest absolute Gasteiger partial charge is 0.282 e. The van der Waals surface area contributed by atoms with Gasteiger partial charge in [0, 0.05) is 18.3 Å². The molecule has 2 heterocycles. The largest absolute Gasteiger partial charge is 0.333 e. The molecule has 1 saturated carbocycles. The summed E-state index contributed by atoms with van der Waals surface area (Å²) in [6.07, 6.45) is 5.12. The second-order valence-corrected chi connectivity index (χ2v) is 7.69. The predicted molar refractivity (Wildman–Crippen MR) is 70.7 cm³/mol. The summed E-state index contributed by atoms with van der Waals surface area (Å²) in [6.45, 7) is 4.87. The van der Waals surface area contributed by atoms with Crippen molar-refractivity contribution in [2.24, 2.45) is 0 Å². The summed E-state index contributed by atoms with van der Waals surface area (Å²) in [5.74, 6) is 0. The Balaban J connectivity index is 1.83. The second kappa shape index (κ2) is 3.21. The normalized spacial score (nSPS) is 51.2. The van der Waals surface area contributed by atoms with Crippen molar-refractivity contribution in [2.75, 3.05) is 7.05 Å². The molecule has 0 radical (unpaired) electrons. The molecule has 0 aromatic rings. The fourth-order valence-electron chi connectivity index (χ4n) is 3.90. The van der Waals surface area contributed by atoms with E-state index in [4.69, 9.17) is 0 Å². The van der Waals surface area contributed by atoms with Crippen molar-refractivity contribution >= 4 is 24.3 Å². The van der Waals surface area contributed by atoms with Crippen molar-refractivity contribution in [1.82, 2.24) is 4.90 Å². The topological polar surface area (TPSA) is 20.3 Å². The Kier molecular flexibility index (Phi) is 2.21. The number of hydrogen-bond donors (Lipinski definition) is 0. The number of amides is 1. The maximum absolute atomic E-state index is 11.8. The minimum absolute atomic E-state index is 0.294. The molecule has 1 amide bonds. The van der Waals surface area contributed by atoms with E-state index in [0.717, 1.165) is 0 Å². The highest BCUT2D eigenvalue weighted by Gasteiger charge is 2.63. The number of fused-ring (bicyclic) bond motifs is 2. The summed E-state index contributed by atoms with van der Waals surface area (Å²) < 4.78 is 0. The lowest BCUT2D eigenvalue weighted by Crippen LogP contribution is -2.34. The van der Waals surface area contributed by atoms with E-state index in [1.165, 1.54) is 33.0 Å². The zero-order valence-corrected chi connectivity index (χ0v) is 11.3. The molecule has 2 saturated heterocycles. The summed E-state index contributed by atoms with van der Waals surface area (Å²) in [4.78, 5) is 13.7. The Morgan fingerprint density at radius 1 is 1.44 bits per heavy atom. The average Bonchev–Trinajstić information content (AvgIpc) is 2.59. The van der Waals surface area contributed by atoms with Gasteiger partial charge in [-0.05, 0) is 12.8 Å². The van der Waals surface area contributed by atoms with Gasteiger partial charge in [0.25, 0.3) is 5.24 Å². The van der Waals surface area contributed by atoms with Crippen LogP contribution in [0.2, 0.25) is 10.6 Å². The van der Waals surface area contributed by atoms with Crippen LogP contribution in [-0.2, 0) is 0 Å². The SMILES string of the molecule is CN1C(=O)SC2CC3(C)BC3(C)CCCC21. The van der Waals surface area contributed by atoms with Crippen molar-refractivity contribution in [1.29, 1.82) is 0 Å². The summed E-state index contributed by atoms with van der Waals surface area (Å²) in [5, 5.41) is 1.96. The van der Waals surface area contributed by atoms with Crippen LogP contribution < -0.4 is 0 Å². The van der Waals surface area contributed by atoms with Gasteiger partial charge in [-0.25, -0.2) is 0 Å². The standard InChI is InChI=1S/C12H20BNOS/c1-11-6-4-5-8-9(7-12(11,2)13-11)16-10(15)14(8)3/h8-9,13H,4-7H2,1-3H3. The summed E-state index contributed by atoms with van der Waals surface area (Å²) >= 11 is 1.59. The molecular formula is C12H20BNOS. The van der Waals surface area contributed by atoms with E-state index in [1.807, 2.05) is 11.9 Å². The zero-order chi connectivity index (χ0) is 11.6. The van der Waals surface area contributed by atoms with Gasteiger partial charge in [0.05, 0.1) is 0 Å². The van der Waals surface area contributed by atoms with Crippen LogP contribution in [-0.4, -0.2) is 35.8 Å². The molecule has 4 unspecified atom stereocenters. The first kappa shape index (κ1) is 11.0. The summed E-state index contributed by atoms with van der Waals surface area (Å²) in [6, 6.07) is 0.513. The van der Waals surface area contributed by atoms with Crippen molar-refractivity contribution in [3.63, 3.8) is 0 Å². The third-order valence-corrected chi connectivity index (χ3v) is 6.73. The lowest BCUT2D eigenvalue weighted by molar-refractivity contribution is 0.210. The molecule has 3 aliphatic rings. The maximum Gasteiger partial charge on any atom is 0.282 e. The van der Waals surface area contributed by atoms with E-state index in [2.05, 4.69) is 13.8 Å². The van der Waals surface area contributed by atoms with Gasteiger partial charge in [0.2, 0.25) is 0 Å². The Morgan fingerprint density at radius 2 is 2.19 bits per heavy atom. The van der Waals surface area contributed by atoms with Crippen LogP contribution in [0.3, 0.4) is 0 Å². The molecule has 16 heavy (non-hydrogen) atoms. The third-order valence-electron chi connectivity index (χ3n) is 5.46. The van der Waals surface area contributed by atoms with Gasteiger partial charge in [-0.3, -0.25) is 4.79 Å². The molecule has 0 aromatic heterocycles. The molecule has 4 heteroatoms. The number of carbonyl (C=O) groups excluding carboxylic acids is 1. The highest BCUT2D eigenvalue weighted by molar-refractivity contribution is 8.14. The molecule has 0 N–H and O–H groups in total. The van der Waals surface area contributed by atoms with Crippen LogP contribution in [0.15, 0.2) is 0 Å². The molecular weight excluding hydrogens is 217 g/mol. The van der Waals surface area contributed by atoms with Crippen LogP contribution in [0.4, 0.5) is 4.79 Å². The van der Waals surface area contributed by atoms with Gasteiger partial charge in [-0.2, -0.15) is 0 Å². The summed E-state index contributed by atoms with van der Waals surface area (Å²) in [5.41, 5.74) is 0. The average molecular weight is 237 g/mol. The van der Waals surface area contributed by atoms with Crippen LogP contribution >= 0.6 is 11.8 Å². The molecule has 3 fully saturated rings. The molecule has 88 valence electrons. The van der Waals surface area contributed by atoms with Gasteiger partial charge in [-0.15, -0.1) is 0 Å². The van der Waals surface area contributed by atoms with Crippen LogP contribution in [0.25, 0.3) is 0 Å². The Morgan fingerprint density at radius 3 is 2.94 bits per heavy atom. The lowest BCUT2D eigenvalue weighted by atomic mass is 9.82. The Bertz CT molecular complexity index is 350. The molecule has 0 aromatic carbocycles. The first-order chi connectivity index (χ1) is 7.45. The number of hydrogen-bond acceptors (Lipinski definition) is 2. The van der Waals surface area contributed by atoms with Crippen LogP contribution in [0.5, 0.6) is 0 Å². The highest BCUT2D eigenvalue weighted by Crippen LogP contribution is 2.74. The van der Waals surface area contributed by atoms with Crippen molar-refractivity contribution in [3.8, 4) is 0 Å². The molecule has 0 bridgehead atoms. The quantitative estimate of drug-likeness (QED) is 0.604. The molecule has 2 aliphatic heterocycles. The first-order valence-corrected chi connectivity index (χ1v) is 7.27. The van der Waals surface area contributed by atoms with E-state index >= 15 is 0 Å². The van der Waals surface area contributed by atoms with Crippen molar-refractivity contribution < 1.29 is 4.79 Å². The molecule has 1 aliphatic carbocycles. The fourth-order valence-corrected chi connectivity index (χ4v) is 5.39. The van der Waals surface area contributed by atoms with Crippen LogP contribution in [0.1, 0.15) is 39.5 Å². The Labute approximate surface area is 103 Å². The van der Waals surface area contributed by atoms with E-state index in [9.17, 15) is 4.79 Å². The van der Waals surface area contributed by atoms with Gasteiger partial charge >= 0.3 is 0 Å². The summed E-state index contributed by atoms with van der Waals surface area (Å²) in [7, 11) is 3.36. The van der Waals surface area contributed by atoms with E-state index in [1.54, 1.807) is 11.8 Å². The van der Waals surface area contributed by atoms with Gasteiger partial charge in [0.15, 0.2) is 0 Å². The van der Waals surface area contributed by atoms with Gasteiger partial charge in [0.1, 0.15) is 7.28 Å². The third kappa shape index (κ3) is 1.38. The zero-order valence-electron chi connectivity index (χ0n) is 10.5. The van der Waals surface area contributed by atoms with Crippen LogP contribution in [0, 0.1) is 0 Å². The monoisotopic (exact) mass is 237 g/mol. The van der Waals surface area contributed by atoms with E-state index in [-0.39, 0.29) is 0 Å². The molecule has 2 nitrogen and oxygen atoms in total. The van der Waals surface area contributed by atoms with Crippen molar-refractivity contribution in [3.05, 3.63) is 0 Å². The fraction of sp³-hybridized carbons (Fsp3) is 0.917. The molecule has 3 rings (SSSR count). The number of nitrogens with zero attached hydrogens (tertiary/aromatic N) is 1. The first-order valence-electron chi connectivity index (χ1n) is 6.39. The minimum Gasteiger partial charge on any atom is -0.333 e. The Hall–Kier alpha value is -0.115. The van der Waals surface area contributed by atoms with E-state index < -0.39 is 0 Å². The van der Waals surface area contributed by atoms with Crippen molar-refractivity contribution in [2.45, 2.75) is 61.5 Å². The minimum atomic E-state index is 0.294. The lowest BCUT2D eigenvalue weighted by Gasteiger charge is -2.31. The second-order valence-electron chi connectivity index (χ2n) is 6.49. The van der Waals surface area contributed by atoms with E-state index in [0.29, 0.717) is 27.2 Å². The predicted octanol–water partition coefficient (Wildman–Crippen LogP) is 2.90. The highest BCUT2D eigenvalue weighted by atomic mass is 32.2. The maximum atomic E-state index is 11.8. The number of rotatable bonds is 0.